The van der Waals surface area contributed by atoms with Crippen molar-refractivity contribution in [3.8, 4) is 0 Å². The monoisotopic (exact) mass is 275 g/mol. The molecule has 0 fully saturated rings. The van der Waals surface area contributed by atoms with Crippen molar-refractivity contribution in [1.29, 1.82) is 0 Å². The molecule has 0 saturated heterocycles. The molecule has 1 aromatic rings. The number of carbonyl (C=O) groups is 1. The summed E-state index contributed by atoms with van der Waals surface area (Å²) < 4.78 is 11.3. The standard InChI is InChI=1S/C16H21NO3/c1-3-19-14-11-10-13(15(14)20-4-2)17-16(18)12-8-6-5-7-9-12/h5-11,13-15H,3-4H2,1-2H3,(H,17,18)/t13-,14-,15+/m1/s1. The predicted octanol–water partition coefficient (Wildman–Crippen LogP) is 2.17. The summed E-state index contributed by atoms with van der Waals surface area (Å²) in [5.74, 6) is -0.0953. The first-order chi connectivity index (χ1) is 9.76. The van der Waals surface area contributed by atoms with Gasteiger partial charge in [-0.25, -0.2) is 0 Å². The highest BCUT2D eigenvalue weighted by Gasteiger charge is 2.33. The van der Waals surface area contributed by atoms with Crippen LogP contribution in [0, 0.1) is 0 Å². The normalized spacial score (nSPS) is 24.8. The maximum Gasteiger partial charge on any atom is 0.251 e. The van der Waals surface area contributed by atoms with Gasteiger partial charge in [-0.3, -0.25) is 4.79 Å². The zero-order valence-electron chi connectivity index (χ0n) is 11.9. The Bertz CT molecular complexity index is 458. The molecule has 0 saturated carbocycles. The van der Waals surface area contributed by atoms with Crippen molar-refractivity contribution in [2.75, 3.05) is 13.2 Å². The molecule has 0 aliphatic heterocycles. The second kappa shape index (κ2) is 7.22. The Morgan fingerprint density at radius 3 is 2.45 bits per heavy atom. The van der Waals surface area contributed by atoms with Crippen LogP contribution < -0.4 is 5.32 Å². The van der Waals surface area contributed by atoms with Crippen LogP contribution in [0.25, 0.3) is 0 Å². The zero-order chi connectivity index (χ0) is 14.4. The van der Waals surface area contributed by atoms with E-state index in [1.165, 1.54) is 0 Å². The molecule has 3 atom stereocenters. The van der Waals surface area contributed by atoms with E-state index in [1.807, 2.05) is 44.2 Å². The van der Waals surface area contributed by atoms with Crippen molar-refractivity contribution in [3.63, 3.8) is 0 Å². The predicted molar refractivity (Wildman–Crippen MR) is 77.7 cm³/mol. The van der Waals surface area contributed by atoms with Crippen molar-refractivity contribution in [3.05, 3.63) is 48.0 Å². The molecule has 0 heterocycles. The number of carbonyl (C=O) groups excluding carboxylic acids is 1. The largest absolute Gasteiger partial charge is 0.373 e. The molecule has 0 aromatic heterocycles. The van der Waals surface area contributed by atoms with Crippen LogP contribution in [0.2, 0.25) is 0 Å². The number of nitrogens with one attached hydrogen (secondary N) is 1. The Morgan fingerprint density at radius 2 is 1.80 bits per heavy atom. The molecule has 108 valence electrons. The summed E-state index contributed by atoms with van der Waals surface area (Å²) in [6.45, 7) is 5.11. The number of rotatable bonds is 6. The molecule has 1 aromatic carbocycles. The average Bonchev–Trinajstić information content (AvgIpc) is 2.83. The molecule has 2 rings (SSSR count). The van der Waals surface area contributed by atoms with Gasteiger partial charge in [0.05, 0.1) is 6.04 Å². The van der Waals surface area contributed by atoms with Crippen molar-refractivity contribution >= 4 is 5.91 Å². The Labute approximate surface area is 119 Å². The molecular formula is C16H21NO3. The fourth-order valence-corrected chi connectivity index (χ4v) is 2.34. The van der Waals surface area contributed by atoms with Gasteiger partial charge in [-0.15, -0.1) is 0 Å². The van der Waals surface area contributed by atoms with Crippen LogP contribution in [0.1, 0.15) is 24.2 Å². The highest BCUT2D eigenvalue weighted by Crippen LogP contribution is 2.19. The van der Waals surface area contributed by atoms with Gasteiger partial charge in [-0.1, -0.05) is 30.4 Å². The second-order valence-electron chi connectivity index (χ2n) is 4.59. The molecule has 4 heteroatoms. The minimum absolute atomic E-state index is 0.0953. The number of ether oxygens (including phenoxy) is 2. The summed E-state index contributed by atoms with van der Waals surface area (Å²) in [7, 11) is 0. The number of hydrogen-bond acceptors (Lipinski definition) is 3. The molecule has 1 amide bonds. The van der Waals surface area contributed by atoms with Crippen LogP contribution >= 0.6 is 0 Å². The van der Waals surface area contributed by atoms with Gasteiger partial charge in [0.2, 0.25) is 0 Å². The van der Waals surface area contributed by atoms with Crippen molar-refractivity contribution in [2.24, 2.45) is 0 Å². The highest BCUT2D eigenvalue weighted by atomic mass is 16.5. The number of hydrogen-bond donors (Lipinski definition) is 1. The molecular weight excluding hydrogens is 254 g/mol. The number of amides is 1. The summed E-state index contributed by atoms with van der Waals surface area (Å²) in [5, 5.41) is 2.99. The lowest BCUT2D eigenvalue weighted by Crippen LogP contribution is -2.45. The maximum atomic E-state index is 12.2. The Hall–Kier alpha value is -1.65. The maximum absolute atomic E-state index is 12.2. The van der Waals surface area contributed by atoms with Crippen LogP contribution in [0.5, 0.6) is 0 Å². The third-order valence-corrected chi connectivity index (χ3v) is 3.24. The molecule has 0 spiro atoms. The van der Waals surface area contributed by atoms with E-state index in [1.54, 1.807) is 12.1 Å². The lowest BCUT2D eigenvalue weighted by molar-refractivity contribution is -0.0453. The summed E-state index contributed by atoms with van der Waals surface area (Å²) in [6, 6.07) is 9.03. The molecule has 0 radical (unpaired) electrons. The molecule has 20 heavy (non-hydrogen) atoms. The van der Waals surface area contributed by atoms with Gasteiger partial charge in [-0.2, -0.15) is 0 Å². The van der Waals surface area contributed by atoms with E-state index in [4.69, 9.17) is 9.47 Å². The second-order valence-corrected chi connectivity index (χ2v) is 4.59. The third-order valence-electron chi connectivity index (χ3n) is 3.24. The first-order valence-electron chi connectivity index (χ1n) is 7.03. The van der Waals surface area contributed by atoms with E-state index in [-0.39, 0.29) is 24.2 Å². The van der Waals surface area contributed by atoms with Crippen molar-refractivity contribution in [1.82, 2.24) is 5.32 Å². The van der Waals surface area contributed by atoms with Crippen molar-refractivity contribution < 1.29 is 14.3 Å². The van der Waals surface area contributed by atoms with Gasteiger partial charge in [0.1, 0.15) is 12.2 Å². The summed E-state index contributed by atoms with van der Waals surface area (Å²) in [6.07, 6.45) is 3.65. The van der Waals surface area contributed by atoms with E-state index in [0.29, 0.717) is 18.8 Å². The van der Waals surface area contributed by atoms with Gasteiger partial charge >= 0.3 is 0 Å². The minimum atomic E-state index is -0.160. The van der Waals surface area contributed by atoms with Gasteiger partial charge in [0.15, 0.2) is 0 Å². The van der Waals surface area contributed by atoms with Gasteiger partial charge < -0.3 is 14.8 Å². The van der Waals surface area contributed by atoms with Crippen LogP contribution in [0.4, 0.5) is 0 Å². The Kier molecular flexibility index (Phi) is 5.32. The topological polar surface area (TPSA) is 47.6 Å². The van der Waals surface area contributed by atoms with E-state index < -0.39 is 0 Å². The molecule has 1 aliphatic carbocycles. The van der Waals surface area contributed by atoms with Crippen LogP contribution in [0.3, 0.4) is 0 Å². The fraction of sp³-hybridized carbons (Fsp3) is 0.438. The molecule has 1 aliphatic rings. The summed E-state index contributed by atoms with van der Waals surface area (Å²) in [4.78, 5) is 12.2. The zero-order valence-corrected chi connectivity index (χ0v) is 11.9. The first kappa shape index (κ1) is 14.8. The van der Waals surface area contributed by atoms with Crippen LogP contribution in [0.15, 0.2) is 42.5 Å². The lowest BCUT2D eigenvalue weighted by Gasteiger charge is -2.25. The van der Waals surface area contributed by atoms with Crippen molar-refractivity contribution in [2.45, 2.75) is 32.1 Å². The number of benzene rings is 1. The van der Waals surface area contributed by atoms with E-state index in [2.05, 4.69) is 5.32 Å². The third kappa shape index (κ3) is 3.46. The molecule has 4 nitrogen and oxygen atoms in total. The summed E-state index contributed by atoms with van der Waals surface area (Å²) in [5.41, 5.74) is 0.649. The Balaban J connectivity index is 2.01. The average molecular weight is 275 g/mol. The highest BCUT2D eigenvalue weighted by molar-refractivity contribution is 5.94. The Morgan fingerprint density at radius 1 is 1.10 bits per heavy atom. The van der Waals surface area contributed by atoms with E-state index >= 15 is 0 Å². The SMILES string of the molecule is CCO[C@H]1[C@H](NC(=O)c2ccccc2)C=C[C@H]1OCC. The molecule has 1 N–H and O–H groups in total. The van der Waals surface area contributed by atoms with Crippen LogP contribution in [-0.4, -0.2) is 37.4 Å². The molecule has 0 bridgehead atoms. The lowest BCUT2D eigenvalue weighted by atomic mass is 10.1. The molecule has 0 unspecified atom stereocenters. The summed E-state index contributed by atoms with van der Waals surface area (Å²) >= 11 is 0. The van der Waals surface area contributed by atoms with Crippen LogP contribution in [-0.2, 0) is 9.47 Å². The fourth-order valence-electron chi connectivity index (χ4n) is 2.34. The quantitative estimate of drug-likeness (QED) is 0.809. The van der Waals surface area contributed by atoms with Gasteiger partial charge in [0.25, 0.3) is 5.91 Å². The minimum Gasteiger partial charge on any atom is -0.373 e. The van der Waals surface area contributed by atoms with E-state index in [0.717, 1.165) is 0 Å². The first-order valence-corrected chi connectivity index (χ1v) is 7.03. The smallest absolute Gasteiger partial charge is 0.251 e. The van der Waals surface area contributed by atoms with Gasteiger partial charge in [0, 0.05) is 18.8 Å². The van der Waals surface area contributed by atoms with Gasteiger partial charge in [-0.05, 0) is 26.0 Å². The van der Waals surface area contributed by atoms with E-state index in [9.17, 15) is 4.79 Å².